The van der Waals surface area contributed by atoms with Crippen molar-refractivity contribution in [1.82, 2.24) is 0 Å². The average Bonchev–Trinajstić information content (AvgIpc) is 2.52. The highest BCUT2D eigenvalue weighted by Gasteiger charge is 2.32. The SMILES string of the molecule is CCCCCCCCCCC(C(Cl)c1ccccc1Cl)C(C)(C)N.Cl. The maximum absolute atomic E-state index is 6.80. The first-order chi connectivity index (χ1) is 11.4. The molecule has 0 saturated heterocycles. The lowest BCUT2D eigenvalue weighted by molar-refractivity contribution is 0.282. The van der Waals surface area contributed by atoms with Crippen LogP contribution < -0.4 is 5.73 Å². The summed E-state index contributed by atoms with van der Waals surface area (Å²) in [7, 11) is 0. The fourth-order valence-corrected chi connectivity index (χ4v) is 4.26. The summed E-state index contributed by atoms with van der Waals surface area (Å²) < 4.78 is 0. The van der Waals surface area contributed by atoms with Crippen molar-refractivity contribution in [2.24, 2.45) is 11.7 Å². The van der Waals surface area contributed by atoms with E-state index < -0.39 is 0 Å². The van der Waals surface area contributed by atoms with Crippen LogP contribution >= 0.6 is 35.6 Å². The minimum absolute atomic E-state index is 0. The smallest absolute Gasteiger partial charge is 0.0645 e. The summed E-state index contributed by atoms with van der Waals surface area (Å²) in [5.74, 6) is 0.221. The number of halogens is 3. The van der Waals surface area contributed by atoms with Crippen LogP contribution in [-0.2, 0) is 0 Å². The van der Waals surface area contributed by atoms with Crippen LogP contribution in [0.5, 0.6) is 0 Å². The Bertz CT molecular complexity index is 457. The van der Waals surface area contributed by atoms with E-state index in [0.29, 0.717) is 0 Å². The molecule has 146 valence electrons. The van der Waals surface area contributed by atoms with Gasteiger partial charge in [0.15, 0.2) is 0 Å². The van der Waals surface area contributed by atoms with Gasteiger partial charge in [-0.05, 0) is 37.8 Å². The van der Waals surface area contributed by atoms with Crippen LogP contribution in [0.2, 0.25) is 5.02 Å². The molecule has 0 aliphatic carbocycles. The number of hydrogen-bond acceptors (Lipinski definition) is 1. The zero-order valence-corrected chi connectivity index (χ0v) is 18.4. The first kappa shape index (κ1) is 25.1. The van der Waals surface area contributed by atoms with E-state index in [1.165, 1.54) is 51.4 Å². The van der Waals surface area contributed by atoms with Crippen molar-refractivity contribution in [3.8, 4) is 0 Å². The van der Waals surface area contributed by atoms with E-state index in [9.17, 15) is 0 Å². The quantitative estimate of drug-likeness (QED) is 0.276. The van der Waals surface area contributed by atoms with E-state index in [2.05, 4.69) is 20.8 Å². The predicted octanol–water partition coefficient (Wildman–Crippen LogP) is 7.93. The monoisotopic (exact) mass is 407 g/mol. The van der Waals surface area contributed by atoms with E-state index in [-0.39, 0.29) is 29.2 Å². The van der Waals surface area contributed by atoms with Crippen molar-refractivity contribution in [3.05, 3.63) is 34.9 Å². The summed E-state index contributed by atoms with van der Waals surface area (Å²) in [6.07, 6.45) is 11.6. The topological polar surface area (TPSA) is 26.0 Å². The van der Waals surface area contributed by atoms with Crippen molar-refractivity contribution in [2.75, 3.05) is 0 Å². The first-order valence-corrected chi connectivity index (χ1v) is 10.4. The Balaban J connectivity index is 0.00000576. The third kappa shape index (κ3) is 9.52. The predicted molar refractivity (Wildman–Crippen MR) is 116 cm³/mol. The lowest BCUT2D eigenvalue weighted by Crippen LogP contribution is -2.43. The molecule has 4 heteroatoms. The Morgan fingerprint density at radius 1 is 0.960 bits per heavy atom. The number of benzene rings is 1. The Kier molecular flexibility index (Phi) is 13.3. The van der Waals surface area contributed by atoms with Crippen molar-refractivity contribution < 1.29 is 0 Å². The Hall–Kier alpha value is 0.0500. The Labute approximate surface area is 171 Å². The van der Waals surface area contributed by atoms with Gasteiger partial charge in [-0.2, -0.15) is 0 Å². The van der Waals surface area contributed by atoms with Crippen molar-refractivity contribution in [1.29, 1.82) is 0 Å². The second-order valence-electron chi connectivity index (χ2n) is 7.61. The van der Waals surface area contributed by atoms with Gasteiger partial charge in [-0.15, -0.1) is 24.0 Å². The van der Waals surface area contributed by atoms with Gasteiger partial charge in [0, 0.05) is 10.6 Å². The highest BCUT2D eigenvalue weighted by Crippen LogP contribution is 2.40. The van der Waals surface area contributed by atoms with Crippen LogP contribution in [0.3, 0.4) is 0 Å². The second-order valence-corrected chi connectivity index (χ2v) is 8.49. The van der Waals surface area contributed by atoms with E-state index >= 15 is 0 Å². The summed E-state index contributed by atoms with van der Waals surface area (Å²) in [5.41, 5.74) is 7.13. The molecular weight excluding hydrogens is 373 g/mol. The van der Waals surface area contributed by atoms with Gasteiger partial charge in [0.25, 0.3) is 0 Å². The molecule has 25 heavy (non-hydrogen) atoms. The van der Waals surface area contributed by atoms with Gasteiger partial charge in [0.05, 0.1) is 5.38 Å². The van der Waals surface area contributed by atoms with Crippen LogP contribution in [0.15, 0.2) is 24.3 Å². The summed E-state index contributed by atoms with van der Waals surface area (Å²) in [5, 5.41) is 0.603. The summed E-state index contributed by atoms with van der Waals surface area (Å²) in [6.45, 7) is 6.42. The highest BCUT2D eigenvalue weighted by molar-refractivity contribution is 6.32. The van der Waals surface area contributed by atoms with Crippen molar-refractivity contribution >= 4 is 35.6 Å². The first-order valence-electron chi connectivity index (χ1n) is 9.55. The molecule has 0 radical (unpaired) electrons. The third-order valence-corrected chi connectivity index (χ3v) is 5.76. The highest BCUT2D eigenvalue weighted by atomic mass is 35.5. The van der Waals surface area contributed by atoms with Crippen LogP contribution in [-0.4, -0.2) is 5.54 Å². The maximum atomic E-state index is 6.80. The summed E-state index contributed by atoms with van der Waals surface area (Å²) in [6, 6.07) is 7.86. The molecule has 0 aromatic heterocycles. The van der Waals surface area contributed by atoms with Crippen LogP contribution in [0.1, 0.15) is 89.5 Å². The van der Waals surface area contributed by atoms with Gasteiger partial charge in [-0.1, -0.05) is 88.1 Å². The minimum Gasteiger partial charge on any atom is -0.325 e. The molecule has 1 nitrogen and oxygen atoms in total. The zero-order valence-electron chi connectivity index (χ0n) is 16.1. The van der Waals surface area contributed by atoms with Crippen molar-refractivity contribution in [3.63, 3.8) is 0 Å². The van der Waals surface area contributed by atoms with Crippen LogP contribution in [0, 0.1) is 5.92 Å². The molecule has 2 unspecified atom stereocenters. The number of rotatable bonds is 12. The third-order valence-electron chi connectivity index (χ3n) is 4.88. The zero-order chi connectivity index (χ0) is 18.0. The van der Waals surface area contributed by atoms with Gasteiger partial charge in [0.1, 0.15) is 0 Å². The van der Waals surface area contributed by atoms with Gasteiger partial charge in [0.2, 0.25) is 0 Å². The van der Waals surface area contributed by atoms with E-state index in [1.807, 2.05) is 24.3 Å². The fraction of sp³-hybridized carbons (Fsp3) is 0.714. The average molecular weight is 409 g/mol. The fourth-order valence-electron chi connectivity index (χ4n) is 3.31. The molecule has 0 aliphatic rings. The molecular formula is C21H36Cl3N. The van der Waals surface area contributed by atoms with E-state index in [4.69, 9.17) is 28.9 Å². The van der Waals surface area contributed by atoms with Gasteiger partial charge < -0.3 is 5.73 Å². The molecule has 1 aromatic rings. The van der Waals surface area contributed by atoms with Crippen molar-refractivity contribution in [2.45, 2.75) is 89.5 Å². The molecule has 2 N–H and O–H groups in total. The molecule has 0 spiro atoms. The largest absolute Gasteiger partial charge is 0.325 e. The van der Waals surface area contributed by atoms with Gasteiger partial charge in [-0.25, -0.2) is 0 Å². The molecule has 0 saturated carbocycles. The summed E-state index contributed by atoms with van der Waals surface area (Å²) >= 11 is 13.1. The molecule has 0 aliphatic heterocycles. The number of unbranched alkanes of at least 4 members (excludes halogenated alkanes) is 7. The molecule has 2 atom stereocenters. The van der Waals surface area contributed by atoms with E-state index in [0.717, 1.165) is 17.0 Å². The Morgan fingerprint density at radius 3 is 2.00 bits per heavy atom. The van der Waals surface area contributed by atoms with Crippen LogP contribution in [0.25, 0.3) is 0 Å². The maximum Gasteiger partial charge on any atom is 0.0645 e. The van der Waals surface area contributed by atoms with Gasteiger partial charge >= 0.3 is 0 Å². The molecule has 1 aromatic carbocycles. The lowest BCUT2D eigenvalue weighted by atomic mass is 9.79. The lowest BCUT2D eigenvalue weighted by Gasteiger charge is -2.35. The number of hydrogen-bond donors (Lipinski definition) is 1. The molecule has 0 heterocycles. The minimum atomic E-state index is -0.313. The number of nitrogens with two attached hydrogens (primary N) is 1. The molecule has 0 amide bonds. The standard InChI is InChI=1S/C21H35Cl2N.ClH/c1-4-5-6-7-8-9-10-11-15-18(21(2,3)24)20(23)17-14-12-13-16-19(17)22;/h12-14,16,18,20H,4-11,15,24H2,1-3H3;1H. The van der Waals surface area contributed by atoms with Gasteiger partial charge in [-0.3, -0.25) is 0 Å². The molecule has 0 fully saturated rings. The Morgan fingerprint density at radius 2 is 1.48 bits per heavy atom. The number of alkyl halides is 1. The van der Waals surface area contributed by atoms with E-state index in [1.54, 1.807) is 0 Å². The second kappa shape index (κ2) is 13.3. The summed E-state index contributed by atoms with van der Waals surface area (Å²) in [4.78, 5) is 0. The normalized spacial score (nSPS) is 14.0. The molecule has 0 bridgehead atoms. The van der Waals surface area contributed by atoms with Crippen LogP contribution in [0.4, 0.5) is 0 Å². The molecule has 1 rings (SSSR count).